The molecule has 0 aliphatic carbocycles. The van der Waals surface area contributed by atoms with Crippen molar-refractivity contribution in [3.63, 3.8) is 0 Å². The highest BCUT2D eigenvalue weighted by molar-refractivity contribution is 5.99. The number of Topliss-reactive ketones (excluding diaryl/α,β-unsaturated/α-hetero) is 1. The molecule has 0 saturated carbocycles. The lowest BCUT2D eigenvalue weighted by Gasteiger charge is -2.31. The fourth-order valence-corrected chi connectivity index (χ4v) is 3.13. The molecule has 3 rings (SSSR count). The Morgan fingerprint density at radius 2 is 1.50 bits per heavy atom. The highest BCUT2D eigenvalue weighted by atomic mass is 19.1. The molecule has 26 heavy (non-hydrogen) atoms. The summed E-state index contributed by atoms with van der Waals surface area (Å²) in [6, 6.07) is 6.22. The minimum atomic E-state index is -1.23. The number of piperidine rings is 1. The fraction of sp³-hybridized carbons (Fsp3) is 0.263. The predicted octanol–water partition coefficient (Wildman–Crippen LogP) is 3.98. The van der Waals surface area contributed by atoms with Crippen LogP contribution in [0.1, 0.15) is 33.6 Å². The molecule has 1 saturated heterocycles. The topological polar surface area (TPSA) is 37.4 Å². The van der Waals surface area contributed by atoms with Crippen molar-refractivity contribution >= 4 is 11.7 Å². The third kappa shape index (κ3) is 3.61. The second-order valence-electron chi connectivity index (χ2n) is 6.19. The molecular weight excluding hydrogens is 350 g/mol. The molecule has 0 spiro atoms. The lowest BCUT2D eigenvalue weighted by molar-refractivity contribution is 0.0647. The number of hydrogen-bond donors (Lipinski definition) is 0. The smallest absolute Gasteiger partial charge is 0.253 e. The molecule has 0 bridgehead atoms. The molecule has 0 radical (unpaired) electrons. The van der Waals surface area contributed by atoms with Gasteiger partial charge >= 0.3 is 0 Å². The summed E-state index contributed by atoms with van der Waals surface area (Å²) in [5.41, 5.74) is -0.549. The Kier molecular flexibility index (Phi) is 5.06. The third-order valence-electron chi connectivity index (χ3n) is 4.48. The quantitative estimate of drug-likeness (QED) is 0.610. The summed E-state index contributed by atoms with van der Waals surface area (Å²) in [7, 11) is 0. The molecule has 0 unspecified atom stereocenters. The summed E-state index contributed by atoms with van der Waals surface area (Å²) < 4.78 is 53.8. The Morgan fingerprint density at radius 3 is 2.08 bits per heavy atom. The molecule has 0 N–H and O–H groups in total. The molecule has 1 aliphatic heterocycles. The van der Waals surface area contributed by atoms with Crippen molar-refractivity contribution in [2.45, 2.75) is 12.8 Å². The van der Waals surface area contributed by atoms with Gasteiger partial charge in [0.15, 0.2) is 5.78 Å². The van der Waals surface area contributed by atoms with Crippen molar-refractivity contribution in [2.75, 3.05) is 13.1 Å². The van der Waals surface area contributed by atoms with Gasteiger partial charge in [-0.2, -0.15) is 0 Å². The molecule has 1 heterocycles. The van der Waals surface area contributed by atoms with Gasteiger partial charge in [0.25, 0.3) is 5.91 Å². The van der Waals surface area contributed by atoms with E-state index in [4.69, 9.17) is 0 Å². The van der Waals surface area contributed by atoms with E-state index in [1.54, 1.807) is 0 Å². The van der Waals surface area contributed by atoms with Crippen LogP contribution >= 0.6 is 0 Å². The molecule has 7 heteroatoms. The zero-order chi connectivity index (χ0) is 18.8. The summed E-state index contributed by atoms with van der Waals surface area (Å²) in [6.45, 7) is 0.409. The average molecular weight is 365 g/mol. The number of hydrogen-bond acceptors (Lipinski definition) is 2. The van der Waals surface area contributed by atoms with Gasteiger partial charge in [-0.25, -0.2) is 17.6 Å². The molecule has 1 amide bonds. The summed E-state index contributed by atoms with van der Waals surface area (Å²) in [5, 5.41) is 0. The lowest BCUT2D eigenvalue weighted by atomic mass is 9.88. The average Bonchev–Trinajstić information content (AvgIpc) is 2.60. The van der Waals surface area contributed by atoms with Gasteiger partial charge in [0.2, 0.25) is 0 Å². The number of rotatable bonds is 3. The Morgan fingerprint density at radius 1 is 0.885 bits per heavy atom. The van der Waals surface area contributed by atoms with Crippen molar-refractivity contribution in [3.05, 3.63) is 70.8 Å². The molecule has 0 atom stereocenters. The molecule has 1 aliphatic rings. The van der Waals surface area contributed by atoms with Crippen LogP contribution in [0.3, 0.4) is 0 Å². The number of carbonyl (C=O) groups excluding carboxylic acids is 2. The van der Waals surface area contributed by atoms with Crippen LogP contribution in [0, 0.1) is 29.2 Å². The number of nitrogens with zero attached hydrogens (tertiary/aromatic N) is 1. The maximum absolute atomic E-state index is 13.8. The second kappa shape index (κ2) is 7.27. The fourth-order valence-electron chi connectivity index (χ4n) is 3.13. The van der Waals surface area contributed by atoms with Gasteiger partial charge in [-0.05, 0) is 31.0 Å². The largest absolute Gasteiger partial charge is 0.339 e. The third-order valence-corrected chi connectivity index (χ3v) is 4.48. The molecule has 0 aromatic heterocycles. The minimum absolute atomic E-state index is 0.199. The summed E-state index contributed by atoms with van der Waals surface area (Å²) >= 11 is 0. The Balaban J connectivity index is 1.69. The first-order chi connectivity index (χ1) is 12.4. The molecule has 2 aromatic rings. The van der Waals surface area contributed by atoms with Gasteiger partial charge in [-0.3, -0.25) is 9.59 Å². The Hall–Kier alpha value is -2.70. The van der Waals surface area contributed by atoms with E-state index in [1.807, 2.05) is 0 Å². The summed E-state index contributed by atoms with van der Waals surface area (Å²) in [6.07, 6.45) is 0.437. The maximum Gasteiger partial charge on any atom is 0.253 e. The first-order valence-corrected chi connectivity index (χ1v) is 8.10. The van der Waals surface area contributed by atoms with Gasteiger partial charge in [0.1, 0.15) is 23.3 Å². The van der Waals surface area contributed by atoms with Crippen LogP contribution in [-0.2, 0) is 0 Å². The van der Waals surface area contributed by atoms with Gasteiger partial charge in [-0.15, -0.1) is 0 Å². The van der Waals surface area contributed by atoms with Crippen LogP contribution in [0.15, 0.2) is 36.4 Å². The number of benzene rings is 2. The van der Waals surface area contributed by atoms with Crippen LogP contribution in [0.2, 0.25) is 0 Å². The summed E-state index contributed by atoms with van der Waals surface area (Å²) in [5.74, 6) is -5.85. The normalized spacial score (nSPS) is 15.2. The summed E-state index contributed by atoms with van der Waals surface area (Å²) in [4.78, 5) is 26.2. The number of halogens is 4. The highest BCUT2D eigenvalue weighted by Crippen LogP contribution is 2.26. The van der Waals surface area contributed by atoms with E-state index >= 15 is 0 Å². The molecule has 1 fully saturated rings. The van der Waals surface area contributed by atoms with E-state index in [9.17, 15) is 27.2 Å². The van der Waals surface area contributed by atoms with Crippen molar-refractivity contribution in [1.29, 1.82) is 0 Å². The highest BCUT2D eigenvalue weighted by Gasteiger charge is 2.31. The van der Waals surface area contributed by atoms with Crippen molar-refractivity contribution < 1.29 is 27.2 Å². The molecule has 2 aromatic carbocycles. The Bertz CT molecular complexity index is 837. The van der Waals surface area contributed by atoms with Crippen molar-refractivity contribution in [1.82, 2.24) is 4.90 Å². The standard InChI is InChI=1S/C19H15F4NO2/c20-13-3-1-2-12(8-13)19(26)24-6-4-11(5-7-24)18(25)17-15(22)9-14(21)10-16(17)23/h1-3,8-11H,4-7H2. The van der Waals surface area contributed by atoms with E-state index in [1.165, 1.54) is 23.1 Å². The van der Waals surface area contributed by atoms with Crippen LogP contribution in [0.5, 0.6) is 0 Å². The van der Waals surface area contributed by atoms with Gasteiger partial charge in [-0.1, -0.05) is 6.07 Å². The van der Waals surface area contributed by atoms with Crippen molar-refractivity contribution in [2.24, 2.45) is 5.92 Å². The van der Waals surface area contributed by atoms with Crippen molar-refractivity contribution in [3.8, 4) is 0 Å². The van der Waals surface area contributed by atoms with E-state index in [2.05, 4.69) is 0 Å². The number of ketones is 1. The molecule has 3 nitrogen and oxygen atoms in total. The van der Waals surface area contributed by atoms with E-state index in [0.717, 1.165) is 6.07 Å². The van der Waals surface area contributed by atoms with E-state index in [-0.39, 0.29) is 37.4 Å². The van der Waals surface area contributed by atoms with Crippen LogP contribution in [0.4, 0.5) is 17.6 Å². The zero-order valence-corrected chi connectivity index (χ0v) is 13.6. The Labute approximate surface area is 147 Å². The number of likely N-dealkylation sites (tertiary alicyclic amines) is 1. The van der Waals surface area contributed by atoms with Crippen LogP contribution in [0.25, 0.3) is 0 Å². The van der Waals surface area contributed by atoms with E-state index in [0.29, 0.717) is 12.1 Å². The molecule has 136 valence electrons. The molecular formula is C19H15F4NO2. The van der Waals surface area contributed by atoms with Gasteiger partial charge < -0.3 is 4.90 Å². The SMILES string of the molecule is O=C(c1c(F)cc(F)cc1F)C1CCN(C(=O)c2cccc(F)c2)CC1. The lowest BCUT2D eigenvalue weighted by Crippen LogP contribution is -2.40. The van der Waals surface area contributed by atoms with Gasteiger partial charge in [0.05, 0.1) is 5.56 Å². The first kappa shape index (κ1) is 18.1. The zero-order valence-electron chi connectivity index (χ0n) is 13.6. The number of carbonyl (C=O) groups is 2. The maximum atomic E-state index is 13.8. The minimum Gasteiger partial charge on any atom is -0.339 e. The van der Waals surface area contributed by atoms with E-state index < -0.39 is 40.5 Å². The number of amides is 1. The second-order valence-corrected chi connectivity index (χ2v) is 6.19. The monoisotopic (exact) mass is 365 g/mol. The first-order valence-electron chi connectivity index (χ1n) is 8.10. The predicted molar refractivity (Wildman–Crippen MR) is 85.7 cm³/mol. The van der Waals surface area contributed by atoms with Crippen LogP contribution in [-0.4, -0.2) is 29.7 Å². The van der Waals surface area contributed by atoms with Crippen LogP contribution < -0.4 is 0 Å². The van der Waals surface area contributed by atoms with Gasteiger partial charge in [0, 0.05) is 36.7 Å².